The first kappa shape index (κ1) is 21.7. The van der Waals surface area contributed by atoms with Gasteiger partial charge in [-0.1, -0.05) is 39.3 Å². The van der Waals surface area contributed by atoms with Crippen LogP contribution in [0.5, 0.6) is 5.75 Å². The van der Waals surface area contributed by atoms with E-state index in [1.165, 1.54) is 5.56 Å². The summed E-state index contributed by atoms with van der Waals surface area (Å²) in [6.07, 6.45) is 3.57. The number of carbonyl (C=O) groups is 1. The minimum atomic E-state index is -0.225. The summed E-state index contributed by atoms with van der Waals surface area (Å²) < 4.78 is 5.69. The Hall–Kier alpha value is -2.36. The van der Waals surface area contributed by atoms with Crippen molar-refractivity contribution in [2.75, 3.05) is 6.61 Å². The van der Waals surface area contributed by atoms with Crippen LogP contribution in [-0.4, -0.2) is 18.2 Å². The summed E-state index contributed by atoms with van der Waals surface area (Å²) >= 11 is 0. The monoisotopic (exact) mass is 356 g/mol. The third kappa shape index (κ3) is 5.87. The number of hydrogen-bond donors (Lipinski definition) is 2. The Morgan fingerprint density at radius 2 is 1.85 bits per heavy atom. The van der Waals surface area contributed by atoms with Gasteiger partial charge in [0.2, 0.25) is 0 Å². The molecule has 0 heterocycles. The second kappa shape index (κ2) is 10.6. The van der Waals surface area contributed by atoms with Crippen molar-refractivity contribution >= 4 is 17.3 Å². The van der Waals surface area contributed by atoms with Crippen LogP contribution in [0.25, 0.3) is 5.70 Å². The van der Waals surface area contributed by atoms with Gasteiger partial charge in [-0.15, -0.1) is 0 Å². The molecule has 0 bridgehead atoms. The normalized spacial score (nSPS) is 11.6. The van der Waals surface area contributed by atoms with Gasteiger partial charge in [0.15, 0.2) is 0 Å². The predicted octanol–water partition coefficient (Wildman–Crippen LogP) is 5.28. The largest absolute Gasteiger partial charge is 0.493 e. The molecule has 0 aliphatic heterocycles. The van der Waals surface area contributed by atoms with Crippen LogP contribution in [0.1, 0.15) is 65.0 Å². The summed E-state index contributed by atoms with van der Waals surface area (Å²) in [5.41, 5.74) is 4.29. The van der Waals surface area contributed by atoms with Crippen LogP contribution >= 0.6 is 0 Å². The van der Waals surface area contributed by atoms with Gasteiger partial charge in [0.05, 0.1) is 6.61 Å². The maximum Gasteiger partial charge on any atom is 0.251 e. The molecule has 142 valence electrons. The molecule has 26 heavy (non-hydrogen) atoms. The molecule has 0 aromatic heterocycles. The van der Waals surface area contributed by atoms with E-state index in [4.69, 9.17) is 10.1 Å². The molecule has 4 heteroatoms. The zero-order valence-corrected chi connectivity index (χ0v) is 16.8. The van der Waals surface area contributed by atoms with Gasteiger partial charge in [-0.2, -0.15) is 0 Å². The first-order valence-corrected chi connectivity index (χ1v) is 9.37. The van der Waals surface area contributed by atoms with Crippen molar-refractivity contribution in [1.29, 1.82) is 5.41 Å². The van der Waals surface area contributed by atoms with Crippen molar-refractivity contribution in [3.63, 3.8) is 0 Å². The molecule has 0 saturated carbocycles. The van der Waals surface area contributed by atoms with Crippen LogP contribution < -0.4 is 10.1 Å². The fourth-order valence-corrected chi connectivity index (χ4v) is 2.67. The zero-order chi connectivity index (χ0) is 19.7. The summed E-state index contributed by atoms with van der Waals surface area (Å²) in [6.45, 7) is 14.3. The minimum absolute atomic E-state index is 0.225. The van der Waals surface area contributed by atoms with E-state index >= 15 is 0 Å². The summed E-state index contributed by atoms with van der Waals surface area (Å²) in [7, 11) is 0. The topological polar surface area (TPSA) is 62.2 Å². The highest BCUT2D eigenvalue weighted by atomic mass is 16.5. The lowest BCUT2D eigenvalue weighted by Crippen LogP contribution is -2.24. The van der Waals surface area contributed by atoms with E-state index in [0.717, 1.165) is 36.1 Å². The van der Waals surface area contributed by atoms with Crippen molar-refractivity contribution in [3.8, 4) is 5.75 Å². The molecule has 1 aromatic carbocycles. The number of ether oxygens (including phenoxy) is 1. The first-order chi connectivity index (χ1) is 12.3. The van der Waals surface area contributed by atoms with E-state index in [0.29, 0.717) is 30.0 Å². The zero-order valence-electron chi connectivity index (χ0n) is 16.8. The summed E-state index contributed by atoms with van der Waals surface area (Å²) in [5.74, 6) is 0.492. The van der Waals surface area contributed by atoms with Crippen molar-refractivity contribution in [3.05, 3.63) is 47.1 Å². The fourth-order valence-electron chi connectivity index (χ4n) is 2.67. The molecule has 0 saturated heterocycles. The number of benzene rings is 1. The number of carbonyl (C=O) groups excluding carboxylic acids is 1. The maximum atomic E-state index is 12.6. The maximum absolute atomic E-state index is 12.6. The van der Waals surface area contributed by atoms with Crippen LogP contribution in [0.15, 0.2) is 35.9 Å². The standard InChI is InChI=1S/C22H32N2O2/c1-7-10-18-12-13-21(26-9-3)19(14-18)17(6)24-22(25)16(5)15(4)20(23)11-8-2/h12-14,23H,6-11H2,1-5H3,(H,24,25)/b16-15+,23-20?. The van der Waals surface area contributed by atoms with Gasteiger partial charge in [0, 0.05) is 22.5 Å². The van der Waals surface area contributed by atoms with E-state index in [2.05, 4.69) is 24.9 Å². The Bertz CT molecular complexity index is 702. The first-order valence-electron chi connectivity index (χ1n) is 9.37. The Labute approximate surface area is 157 Å². The number of allylic oxidation sites excluding steroid dienone is 1. The highest BCUT2D eigenvalue weighted by Crippen LogP contribution is 2.26. The molecular weight excluding hydrogens is 324 g/mol. The van der Waals surface area contributed by atoms with Gasteiger partial charge in [-0.25, -0.2) is 0 Å². The van der Waals surface area contributed by atoms with Crippen LogP contribution in [0.3, 0.4) is 0 Å². The van der Waals surface area contributed by atoms with Crippen molar-refractivity contribution in [2.45, 2.75) is 60.3 Å². The van der Waals surface area contributed by atoms with Crippen LogP contribution in [0, 0.1) is 5.41 Å². The number of aryl methyl sites for hydroxylation is 1. The van der Waals surface area contributed by atoms with E-state index < -0.39 is 0 Å². The average molecular weight is 357 g/mol. The van der Waals surface area contributed by atoms with Gasteiger partial charge >= 0.3 is 0 Å². The van der Waals surface area contributed by atoms with Gasteiger partial charge in [-0.05, 0) is 56.9 Å². The average Bonchev–Trinajstić information content (AvgIpc) is 2.62. The van der Waals surface area contributed by atoms with Gasteiger partial charge in [-0.3, -0.25) is 4.79 Å². The number of nitrogens with one attached hydrogen (secondary N) is 2. The van der Waals surface area contributed by atoms with Crippen LogP contribution in [0.4, 0.5) is 0 Å². The Morgan fingerprint density at radius 3 is 2.42 bits per heavy atom. The van der Waals surface area contributed by atoms with Gasteiger partial charge in [0.25, 0.3) is 5.91 Å². The lowest BCUT2D eigenvalue weighted by atomic mass is 10.0. The minimum Gasteiger partial charge on any atom is -0.493 e. The summed E-state index contributed by atoms with van der Waals surface area (Å²) in [6, 6.07) is 6.02. The highest BCUT2D eigenvalue weighted by Gasteiger charge is 2.15. The lowest BCUT2D eigenvalue weighted by Gasteiger charge is -2.16. The summed E-state index contributed by atoms with van der Waals surface area (Å²) in [4.78, 5) is 12.6. The summed E-state index contributed by atoms with van der Waals surface area (Å²) in [5, 5.41) is 10.9. The third-order valence-corrected chi connectivity index (χ3v) is 4.33. The molecule has 4 nitrogen and oxygen atoms in total. The molecule has 0 aliphatic carbocycles. The highest BCUT2D eigenvalue weighted by molar-refractivity contribution is 6.07. The number of rotatable bonds is 10. The van der Waals surface area contributed by atoms with E-state index in [1.54, 1.807) is 6.92 Å². The molecule has 1 amide bonds. The molecule has 1 rings (SSSR count). The van der Waals surface area contributed by atoms with E-state index in [9.17, 15) is 4.79 Å². The molecule has 0 atom stereocenters. The van der Waals surface area contributed by atoms with Gasteiger partial charge < -0.3 is 15.5 Å². The molecule has 1 aromatic rings. The lowest BCUT2D eigenvalue weighted by molar-refractivity contribution is -0.116. The Kier molecular flexibility index (Phi) is 8.83. The Morgan fingerprint density at radius 1 is 1.15 bits per heavy atom. The molecule has 0 spiro atoms. The smallest absolute Gasteiger partial charge is 0.251 e. The second-order valence-electron chi connectivity index (χ2n) is 6.42. The molecular formula is C22H32N2O2. The van der Waals surface area contributed by atoms with Crippen molar-refractivity contribution in [1.82, 2.24) is 5.32 Å². The van der Waals surface area contributed by atoms with E-state index in [1.807, 2.05) is 32.9 Å². The predicted molar refractivity (Wildman–Crippen MR) is 110 cm³/mol. The molecule has 2 N–H and O–H groups in total. The molecule has 0 fully saturated rings. The quantitative estimate of drug-likeness (QED) is 0.442. The van der Waals surface area contributed by atoms with Gasteiger partial charge in [0.1, 0.15) is 5.75 Å². The third-order valence-electron chi connectivity index (χ3n) is 4.33. The SMILES string of the molecule is C=C(NC(=O)/C(C)=C(\C)C(=N)CCC)c1cc(CCC)ccc1OCC. The van der Waals surface area contributed by atoms with Crippen molar-refractivity contribution < 1.29 is 9.53 Å². The van der Waals surface area contributed by atoms with Crippen LogP contribution in [0.2, 0.25) is 0 Å². The fraction of sp³-hybridized carbons (Fsp3) is 0.455. The number of amides is 1. The number of hydrogen-bond acceptors (Lipinski definition) is 3. The molecule has 0 aliphatic rings. The molecule has 0 unspecified atom stereocenters. The Balaban J connectivity index is 3.05. The van der Waals surface area contributed by atoms with E-state index in [-0.39, 0.29) is 5.91 Å². The molecule has 0 radical (unpaired) electrons. The second-order valence-corrected chi connectivity index (χ2v) is 6.42. The van der Waals surface area contributed by atoms with Crippen molar-refractivity contribution in [2.24, 2.45) is 0 Å². The van der Waals surface area contributed by atoms with Crippen LogP contribution in [-0.2, 0) is 11.2 Å².